The van der Waals surface area contributed by atoms with Crippen LogP contribution in [-0.2, 0) is 0 Å². The van der Waals surface area contributed by atoms with Gasteiger partial charge in [-0.1, -0.05) is 43.2 Å². The third kappa shape index (κ3) is 3.02. The fraction of sp³-hybridized carbons (Fsp3) is 0.684. The Balaban J connectivity index is 1.82. The summed E-state index contributed by atoms with van der Waals surface area (Å²) in [6, 6.07) is 0. The van der Waals surface area contributed by atoms with E-state index in [1.807, 2.05) is 0 Å². The van der Waals surface area contributed by atoms with Crippen LogP contribution in [0.2, 0.25) is 0 Å². The van der Waals surface area contributed by atoms with Gasteiger partial charge in [-0.2, -0.15) is 0 Å². The van der Waals surface area contributed by atoms with Gasteiger partial charge >= 0.3 is 0 Å². The van der Waals surface area contributed by atoms with Crippen LogP contribution in [0.25, 0.3) is 0 Å². The van der Waals surface area contributed by atoms with E-state index in [0.29, 0.717) is 11.3 Å². The van der Waals surface area contributed by atoms with Crippen molar-refractivity contribution in [2.45, 2.75) is 70.5 Å². The van der Waals surface area contributed by atoms with Crippen molar-refractivity contribution in [3.8, 4) is 0 Å². The molecule has 0 spiro atoms. The highest BCUT2D eigenvalue weighted by atomic mass is 16.3. The van der Waals surface area contributed by atoms with Crippen LogP contribution in [0, 0.1) is 11.3 Å². The van der Waals surface area contributed by atoms with Gasteiger partial charge in [-0.25, -0.2) is 0 Å². The highest BCUT2D eigenvalue weighted by Gasteiger charge is 2.45. The summed E-state index contributed by atoms with van der Waals surface area (Å²) in [6.45, 7) is 6.48. The smallest absolute Gasteiger partial charge is 0.0583 e. The molecule has 3 aliphatic carbocycles. The van der Waals surface area contributed by atoms with Crippen molar-refractivity contribution < 1.29 is 10.2 Å². The molecule has 0 bridgehead atoms. The van der Waals surface area contributed by atoms with Crippen molar-refractivity contribution in [3.63, 3.8) is 0 Å². The van der Waals surface area contributed by atoms with Crippen LogP contribution >= 0.6 is 0 Å². The average molecular weight is 288 g/mol. The van der Waals surface area contributed by atoms with E-state index in [0.717, 1.165) is 32.1 Å². The zero-order valence-electron chi connectivity index (χ0n) is 13.1. The lowest BCUT2D eigenvalue weighted by Gasteiger charge is -2.40. The molecule has 2 nitrogen and oxygen atoms in total. The summed E-state index contributed by atoms with van der Waals surface area (Å²) in [7, 11) is 0. The van der Waals surface area contributed by atoms with Crippen LogP contribution in [0.5, 0.6) is 0 Å². The van der Waals surface area contributed by atoms with Crippen LogP contribution < -0.4 is 0 Å². The van der Waals surface area contributed by atoms with E-state index in [9.17, 15) is 10.2 Å². The van der Waals surface area contributed by atoms with Gasteiger partial charge in [0.25, 0.3) is 0 Å². The first-order valence-corrected chi connectivity index (χ1v) is 8.42. The van der Waals surface area contributed by atoms with Gasteiger partial charge in [0.1, 0.15) is 0 Å². The van der Waals surface area contributed by atoms with Crippen LogP contribution in [0.3, 0.4) is 0 Å². The van der Waals surface area contributed by atoms with Crippen molar-refractivity contribution in [2.75, 3.05) is 0 Å². The molecular formula is C19H28O2. The Bertz CT molecular complexity index is 488. The lowest BCUT2D eigenvalue weighted by atomic mass is 9.66. The number of fused-ring (bicyclic) bond motifs is 1. The first-order valence-electron chi connectivity index (χ1n) is 8.42. The average Bonchev–Trinajstić information content (AvgIpc) is 2.80. The summed E-state index contributed by atoms with van der Waals surface area (Å²) in [5.74, 6) is 0.638. The minimum absolute atomic E-state index is 0.186. The van der Waals surface area contributed by atoms with Crippen molar-refractivity contribution >= 4 is 0 Å². The summed E-state index contributed by atoms with van der Waals surface area (Å²) < 4.78 is 0. The van der Waals surface area contributed by atoms with Gasteiger partial charge < -0.3 is 10.2 Å². The number of aliphatic hydroxyl groups excluding tert-OH is 2. The molecule has 0 aromatic carbocycles. The maximum absolute atomic E-state index is 10.2. The SMILES string of the molecule is C=C1CC[C@@H](O)C/C1=C/C=C1\C[C@H](O)C[C@]2(C)CCC[C@@H]12. The van der Waals surface area contributed by atoms with E-state index in [4.69, 9.17) is 0 Å². The molecule has 2 heteroatoms. The summed E-state index contributed by atoms with van der Waals surface area (Å²) >= 11 is 0. The first kappa shape index (κ1) is 15.1. The molecule has 3 aliphatic rings. The predicted molar refractivity (Wildman–Crippen MR) is 85.9 cm³/mol. The number of aliphatic hydroxyl groups is 2. The molecule has 0 unspecified atom stereocenters. The molecule has 3 rings (SSSR count). The van der Waals surface area contributed by atoms with Gasteiger partial charge in [0, 0.05) is 0 Å². The molecule has 0 aromatic heterocycles. The van der Waals surface area contributed by atoms with E-state index in [-0.39, 0.29) is 12.2 Å². The largest absolute Gasteiger partial charge is 0.393 e. The molecule has 0 radical (unpaired) electrons. The van der Waals surface area contributed by atoms with Crippen molar-refractivity contribution in [3.05, 3.63) is 35.5 Å². The van der Waals surface area contributed by atoms with E-state index < -0.39 is 0 Å². The van der Waals surface area contributed by atoms with Gasteiger partial charge in [0.15, 0.2) is 0 Å². The van der Waals surface area contributed by atoms with E-state index in [1.54, 1.807) is 0 Å². The maximum atomic E-state index is 10.2. The van der Waals surface area contributed by atoms with Crippen LogP contribution in [0.1, 0.15) is 58.3 Å². The molecular weight excluding hydrogens is 260 g/mol. The maximum Gasteiger partial charge on any atom is 0.0583 e. The Kier molecular flexibility index (Phi) is 4.11. The van der Waals surface area contributed by atoms with E-state index in [2.05, 4.69) is 25.7 Å². The molecule has 0 aliphatic heterocycles. The van der Waals surface area contributed by atoms with Crippen molar-refractivity contribution in [1.29, 1.82) is 0 Å². The molecule has 0 amide bonds. The minimum atomic E-state index is -0.214. The molecule has 3 saturated carbocycles. The number of hydrogen-bond donors (Lipinski definition) is 2. The Hall–Kier alpha value is -0.860. The zero-order chi connectivity index (χ0) is 15.0. The Morgan fingerprint density at radius 3 is 2.76 bits per heavy atom. The second-order valence-electron chi connectivity index (χ2n) is 7.59. The molecule has 4 atom stereocenters. The molecule has 21 heavy (non-hydrogen) atoms. The Morgan fingerprint density at radius 2 is 1.95 bits per heavy atom. The van der Waals surface area contributed by atoms with Crippen LogP contribution in [0.15, 0.2) is 35.5 Å². The van der Waals surface area contributed by atoms with E-state index >= 15 is 0 Å². The minimum Gasteiger partial charge on any atom is -0.393 e. The Morgan fingerprint density at radius 1 is 1.14 bits per heavy atom. The van der Waals surface area contributed by atoms with Gasteiger partial charge in [-0.3, -0.25) is 0 Å². The fourth-order valence-electron chi connectivity index (χ4n) is 4.71. The molecule has 116 valence electrons. The third-order valence-electron chi connectivity index (χ3n) is 5.89. The van der Waals surface area contributed by atoms with Crippen molar-refractivity contribution in [2.24, 2.45) is 11.3 Å². The fourth-order valence-corrected chi connectivity index (χ4v) is 4.71. The second-order valence-corrected chi connectivity index (χ2v) is 7.59. The second kappa shape index (κ2) is 5.73. The standard InChI is InChI=1S/C19H28O2/c1-13-5-8-16(20)10-14(13)6-7-15-11-17(21)12-19(2)9-3-4-18(15)19/h6-7,16-18,20-21H,1,3-5,8-12H2,2H3/b14-6-,15-7+/t16-,17+,18+,19+/m1/s1. The monoisotopic (exact) mass is 288 g/mol. The van der Waals surface area contributed by atoms with Crippen LogP contribution in [0.4, 0.5) is 0 Å². The van der Waals surface area contributed by atoms with Gasteiger partial charge in [-0.15, -0.1) is 0 Å². The molecule has 0 heterocycles. The van der Waals surface area contributed by atoms with E-state index in [1.165, 1.54) is 36.0 Å². The van der Waals surface area contributed by atoms with Gasteiger partial charge in [0.2, 0.25) is 0 Å². The first-order chi connectivity index (χ1) is 9.98. The molecule has 2 N–H and O–H groups in total. The molecule has 0 saturated heterocycles. The quantitative estimate of drug-likeness (QED) is 0.768. The Labute approximate surface area is 128 Å². The van der Waals surface area contributed by atoms with Crippen molar-refractivity contribution in [1.82, 2.24) is 0 Å². The topological polar surface area (TPSA) is 40.5 Å². The molecule has 0 aromatic rings. The summed E-state index contributed by atoms with van der Waals surface area (Å²) in [6.07, 6.45) is 12.0. The highest BCUT2D eigenvalue weighted by molar-refractivity contribution is 5.36. The van der Waals surface area contributed by atoms with Gasteiger partial charge in [-0.05, 0) is 61.9 Å². The lowest BCUT2D eigenvalue weighted by Crippen LogP contribution is -2.34. The zero-order valence-corrected chi connectivity index (χ0v) is 13.1. The predicted octanol–water partition coefficient (Wildman–Crippen LogP) is 3.90. The lowest BCUT2D eigenvalue weighted by molar-refractivity contribution is 0.0605. The third-order valence-corrected chi connectivity index (χ3v) is 5.89. The number of rotatable bonds is 1. The number of allylic oxidation sites excluding steroid dienone is 3. The van der Waals surface area contributed by atoms with Gasteiger partial charge in [0.05, 0.1) is 12.2 Å². The normalized spacial score (nSPS) is 44.3. The summed E-state index contributed by atoms with van der Waals surface area (Å²) in [5.41, 5.74) is 4.07. The highest BCUT2D eigenvalue weighted by Crippen LogP contribution is 2.54. The van der Waals surface area contributed by atoms with Crippen LogP contribution in [-0.4, -0.2) is 22.4 Å². The number of hydrogen-bond acceptors (Lipinski definition) is 2. The summed E-state index contributed by atoms with van der Waals surface area (Å²) in [4.78, 5) is 0. The molecule has 3 fully saturated rings. The summed E-state index contributed by atoms with van der Waals surface area (Å²) in [5, 5.41) is 20.0.